The molecule has 47 heavy (non-hydrogen) atoms. The molecule has 2 aromatic carbocycles. The minimum absolute atomic E-state index is 0.0466. The van der Waals surface area contributed by atoms with Gasteiger partial charge in [-0.3, -0.25) is 24.0 Å². The van der Waals surface area contributed by atoms with E-state index < -0.39 is 70.4 Å². The fraction of sp³-hybridized carbons (Fsp3) is 0.438. The van der Waals surface area contributed by atoms with Crippen LogP contribution in [0.5, 0.6) is 0 Å². The first-order chi connectivity index (χ1) is 22.0. The van der Waals surface area contributed by atoms with Gasteiger partial charge in [0.25, 0.3) is 0 Å². The van der Waals surface area contributed by atoms with E-state index in [9.17, 15) is 46.8 Å². The van der Waals surface area contributed by atoms with Crippen LogP contribution >= 0.6 is 0 Å². The Hall–Kier alpha value is -5.00. The molecule has 2 aliphatic heterocycles. The van der Waals surface area contributed by atoms with Crippen LogP contribution in [0.2, 0.25) is 0 Å². The summed E-state index contributed by atoms with van der Waals surface area (Å²) in [5, 5.41) is 16.6. The number of alkyl halides is 3. The number of carbonyl (C=O) groups excluding carboxylic acids is 5. The van der Waals surface area contributed by atoms with Gasteiger partial charge in [0.1, 0.15) is 23.9 Å². The van der Waals surface area contributed by atoms with Gasteiger partial charge in [0.15, 0.2) is 0 Å². The number of hydrogen-bond donors (Lipinski definition) is 3. The molecule has 3 N–H and O–H groups in total. The van der Waals surface area contributed by atoms with Gasteiger partial charge in [0.05, 0.1) is 22.7 Å². The summed E-state index contributed by atoms with van der Waals surface area (Å²) in [6.07, 6.45) is -4.92. The number of rotatable bonds is 8. The van der Waals surface area contributed by atoms with E-state index in [4.69, 9.17) is 0 Å². The average Bonchev–Trinajstić information content (AvgIpc) is 3.55. The summed E-state index contributed by atoms with van der Waals surface area (Å²) in [6.45, 7) is 5.02. The smallest absolute Gasteiger partial charge is 0.336 e. The first kappa shape index (κ1) is 34.9. The number of carbonyl (C=O) groups is 5. The Labute approximate surface area is 268 Å². The molecule has 2 aliphatic rings. The van der Waals surface area contributed by atoms with E-state index in [2.05, 4.69) is 16.7 Å². The Bertz CT molecular complexity index is 1640. The monoisotopic (exact) mass is 658 g/mol. The molecular weight excluding hydrogens is 624 g/mol. The first-order valence-corrected chi connectivity index (χ1v) is 14.9. The molecule has 5 amide bonds. The fourth-order valence-electron chi connectivity index (χ4n) is 6.07. The Morgan fingerprint density at radius 2 is 1.81 bits per heavy atom. The summed E-state index contributed by atoms with van der Waals surface area (Å²) >= 11 is 0. The third kappa shape index (κ3) is 6.77. The van der Waals surface area contributed by atoms with Gasteiger partial charge < -0.3 is 25.8 Å². The van der Waals surface area contributed by atoms with Crippen LogP contribution in [0, 0.1) is 23.1 Å². The van der Waals surface area contributed by atoms with Crippen LogP contribution in [0.3, 0.4) is 0 Å². The Kier molecular flexibility index (Phi) is 9.93. The van der Waals surface area contributed by atoms with E-state index in [1.807, 2.05) is 13.8 Å². The largest absolute Gasteiger partial charge is 0.418 e. The molecule has 0 aliphatic carbocycles. The summed E-state index contributed by atoms with van der Waals surface area (Å²) in [4.78, 5) is 68.6. The summed E-state index contributed by atoms with van der Waals surface area (Å²) in [7, 11) is 1.32. The highest BCUT2D eigenvalue weighted by Gasteiger charge is 2.56. The normalized spacial score (nSPS) is 19.9. The maximum absolute atomic E-state index is 14.2. The lowest BCUT2D eigenvalue weighted by Crippen LogP contribution is -2.56. The molecule has 0 unspecified atom stereocenters. The van der Waals surface area contributed by atoms with Crippen LogP contribution in [0.25, 0.3) is 0 Å². The third-order valence-electron chi connectivity index (χ3n) is 8.49. The quantitative estimate of drug-likeness (QED) is 0.292. The number of likely N-dealkylation sites (N-methyl/N-ethyl adjacent to an activating group) is 1. The molecule has 1 saturated heterocycles. The summed E-state index contributed by atoms with van der Waals surface area (Å²) in [5.41, 5.74) is -2.66. The highest BCUT2D eigenvalue weighted by Crippen LogP contribution is 2.46. The molecule has 15 heteroatoms. The lowest BCUT2D eigenvalue weighted by Gasteiger charge is -2.35. The number of nitrogens with zero attached hydrogens (tertiary/aromatic N) is 3. The molecule has 0 bridgehead atoms. The molecular formula is C32H34F4N6O5. The van der Waals surface area contributed by atoms with Gasteiger partial charge in [-0.05, 0) is 42.5 Å². The van der Waals surface area contributed by atoms with Crippen molar-refractivity contribution < 1.29 is 41.5 Å². The number of halogens is 4. The minimum atomic E-state index is -5.03. The molecule has 0 radical (unpaired) electrons. The summed E-state index contributed by atoms with van der Waals surface area (Å²) < 4.78 is 54.3. The summed E-state index contributed by atoms with van der Waals surface area (Å²) in [6, 6.07) is 7.60. The number of nitriles is 1. The van der Waals surface area contributed by atoms with Crippen molar-refractivity contribution >= 4 is 40.9 Å². The minimum Gasteiger partial charge on any atom is -0.336 e. The number of likely N-dealkylation sites (tertiary alicyclic amines) is 1. The van der Waals surface area contributed by atoms with Crippen LogP contribution in [0.4, 0.5) is 28.9 Å². The van der Waals surface area contributed by atoms with Crippen LogP contribution in [-0.2, 0) is 35.6 Å². The van der Waals surface area contributed by atoms with E-state index in [0.717, 1.165) is 11.0 Å². The van der Waals surface area contributed by atoms with Gasteiger partial charge in [-0.25, -0.2) is 4.39 Å². The number of anilines is 2. The lowest BCUT2D eigenvalue weighted by molar-refractivity contribution is -0.147. The van der Waals surface area contributed by atoms with Gasteiger partial charge in [-0.15, -0.1) is 0 Å². The zero-order chi connectivity index (χ0) is 34.8. The van der Waals surface area contributed by atoms with E-state index >= 15 is 0 Å². The van der Waals surface area contributed by atoms with Gasteiger partial charge >= 0.3 is 18.0 Å². The number of fused-ring (bicyclic) bond motifs is 2. The van der Waals surface area contributed by atoms with Crippen molar-refractivity contribution in [3.8, 4) is 6.07 Å². The second-order valence-electron chi connectivity index (χ2n) is 12.0. The predicted octanol–water partition coefficient (Wildman–Crippen LogP) is 3.57. The highest BCUT2D eigenvalue weighted by molar-refractivity contribution is 6.40. The molecule has 4 rings (SSSR count). The highest BCUT2D eigenvalue weighted by atomic mass is 19.4. The van der Waals surface area contributed by atoms with Crippen molar-refractivity contribution in [3.63, 3.8) is 0 Å². The van der Waals surface area contributed by atoms with Gasteiger partial charge in [-0.1, -0.05) is 45.0 Å². The van der Waals surface area contributed by atoms with E-state index in [1.54, 1.807) is 29.6 Å². The second-order valence-corrected chi connectivity index (χ2v) is 12.0. The Balaban J connectivity index is 1.53. The topological polar surface area (TPSA) is 152 Å². The van der Waals surface area contributed by atoms with Gasteiger partial charge in [0.2, 0.25) is 17.7 Å². The fourth-order valence-corrected chi connectivity index (χ4v) is 6.07. The van der Waals surface area contributed by atoms with Crippen LogP contribution < -0.4 is 16.0 Å². The van der Waals surface area contributed by atoms with E-state index in [-0.39, 0.29) is 37.6 Å². The van der Waals surface area contributed by atoms with Crippen molar-refractivity contribution in [1.29, 1.82) is 5.26 Å². The molecule has 11 nitrogen and oxygen atoms in total. The van der Waals surface area contributed by atoms with Crippen molar-refractivity contribution in [2.75, 3.05) is 24.2 Å². The van der Waals surface area contributed by atoms with Crippen molar-refractivity contribution in [3.05, 3.63) is 59.4 Å². The Morgan fingerprint density at radius 1 is 1.13 bits per heavy atom. The lowest BCUT2D eigenvalue weighted by atomic mass is 9.80. The maximum Gasteiger partial charge on any atom is 0.418 e. The average molecular weight is 659 g/mol. The van der Waals surface area contributed by atoms with Crippen molar-refractivity contribution in [1.82, 2.24) is 15.1 Å². The molecule has 2 aromatic rings. The Morgan fingerprint density at radius 3 is 2.43 bits per heavy atom. The number of amides is 5. The number of hydrogen-bond acceptors (Lipinski definition) is 6. The molecule has 0 aromatic heterocycles. The first-order valence-electron chi connectivity index (χ1n) is 14.9. The summed E-state index contributed by atoms with van der Waals surface area (Å²) in [5.74, 6) is -6.41. The zero-order valence-electron chi connectivity index (χ0n) is 26.1. The molecule has 250 valence electrons. The van der Waals surface area contributed by atoms with Crippen LogP contribution in [0.1, 0.15) is 51.2 Å². The molecule has 0 saturated carbocycles. The third-order valence-corrected chi connectivity index (χ3v) is 8.49. The zero-order valence-corrected chi connectivity index (χ0v) is 26.1. The van der Waals surface area contributed by atoms with Crippen LogP contribution in [0.15, 0.2) is 42.5 Å². The van der Waals surface area contributed by atoms with Gasteiger partial charge in [-0.2, -0.15) is 18.4 Å². The standard InChI is InChI=1S/C32H34F4N6O5/c1-5-22(38-26(43)27(44)40-25-20(32(34,35)36)10-8-11-21(25)33)28(45)41(4)24(13-17(2)3)29(46)42-16-31(14-18(42)15-37)19-9-6-7-12-23(19)39-30(31)47/h6-12,17-18,22,24H,5,13-14,16H2,1-4H3,(H,38,43)(H,39,47)(H,40,44)/t18-,22-,24-,31-/m0/s1. The molecule has 4 atom stereocenters. The number of nitrogens with one attached hydrogen (secondary N) is 3. The predicted molar refractivity (Wildman–Crippen MR) is 161 cm³/mol. The SMILES string of the molecule is CC[C@H](NC(=O)C(=O)Nc1c(F)cccc1C(F)(F)F)C(=O)N(C)[C@@H](CC(C)C)C(=O)N1C[C@]2(C[C@H]1C#N)C(=O)Nc1ccccc12. The number of benzene rings is 2. The second kappa shape index (κ2) is 13.4. The molecule has 1 fully saturated rings. The van der Waals surface area contributed by atoms with Gasteiger partial charge in [0, 0.05) is 25.7 Å². The van der Waals surface area contributed by atoms with E-state index in [1.165, 1.54) is 18.9 Å². The van der Waals surface area contributed by atoms with Crippen molar-refractivity contribution in [2.45, 2.75) is 69.8 Å². The van der Waals surface area contributed by atoms with E-state index in [0.29, 0.717) is 23.4 Å². The number of para-hydroxylation sites is 2. The molecule has 1 spiro atoms. The van der Waals surface area contributed by atoms with Crippen molar-refractivity contribution in [2.24, 2.45) is 5.92 Å². The van der Waals surface area contributed by atoms with Crippen LogP contribution in [-0.4, -0.2) is 71.1 Å². The maximum atomic E-state index is 14.2. The molecule has 2 heterocycles.